The van der Waals surface area contributed by atoms with E-state index >= 15 is 0 Å². The summed E-state index contributed by atoms with van der Waals surface area (Å²) in [5, 5.41) is 10.1. The Kier molecular flexibility index (Phi) is 3.52. The van der Waals surface area contributed by atoms with Gasteiger partial charge >= 0.3 is 6.18 Å². The Hall–Kier alpha value is -1.10. The Balaban J connectivity index is 3.32. The Labute approximate surface area is 97.1 Å². The van der Waals surface area contributed by atoms with E-state index in [-0.39, 0.29) is 11.5 Å². The van der Waals surface area contributed by atoms with Gasteiger partial charge in [0, 0.05) is 0 Å². The maximum Gasteiger partial charge on any atom is 0.419 e. The van der Waals surface area contributed by atoms with E-state index in [1.54, 1.807) is 13.8 Å². The van der Waals surface area contributed by atoms with Crippen molar-refractivity contribution >= 4 is 0 Å². The van der Waals surface area contributed by atoms with Crippen LogP contribution in [0, 0.1) is 11.7 Å². The van der Waals surface area contributed by atoms with E-state index in [4.69, 9.17) is 0 Å². The smallest absolute Gasteiger partial charge is 0.385 e. The monoisotopic (exact) mass is 250 g/mol. The Morgan fingerprint density at radius 2 is 1.71 bits per heavy atom. The number of hydrogen-bond donors (Lipinski definition) is 1. The van der Waals surface area contributed by atoms with Gasteiger partial charge in [-0.3, -0.25) is 0 Å². The van der Waals surface area contributed by atoms with Gasteiger partial charge in [0.25, 0.3) is 0 Å². The van der Waals surface area contributed by atoms with Crippen molar-refractivity contribution in [3.63, 3.8) is 0 Å². The summed E-state index contributed by atoms with van der Waals surface area (Å²) in [5.41, 5.74) is -2.72. The van der Waals surface area contributed by atoms with Crippen LogP contribution >= 0.6 is 0 Å². The van der Waals surface area contributed by atoms with Gasteiger partial charge in [-0.05, 0) is 30.5 Å². The van der Waals surface area contributed by atoms with E-state index in [9.17, 15) is 22.7 Å². The molecule has 0 saturated carbocycles. The van der Waals surface area contributed by atoms with Gasteiger partial charge in [-0.1, -0.05) is 19.9 Å². The van der Waals surface area contributed by atoms with Gasteiger partial charge in [-0.2, -0.15) is 13.2 Å². The molecule has 0 saturated heterocycles. The summed E-state index contributed by atoms with van der Waals surface area (Å²) in [6.45, 7) is 4.76. The SMILES string of the molecule is CC(C)C(C)(O)c1ccc(F)c(C(F)(F)F)c1. The molecule has 1 N–H and O–H groups in total. The summed E-state index contributed by atoms with van der Waals surface area (Å²) in [6.07, 6.45) is -4.76. The van der Waals surface area contributed by atoms with Gasteiger partial charge in [0.05, 0.1) is 11.2 Å². The molecule has 1 nitrogen and oxygen atoms in total. The van der Waals surface area contributed by atoms with Crippen molar-refractivity contribution in [1.29, 1.82) is 0 Å². The minimum atomic E-state index is -4.76. The van der Waals surface area contributed by atoms with Crippen LogP contribution in [0.25, 0.3) is 0 Å². The highest BCUT2D eigenvalue weighted by Gasteiger charge is 2.36. The maximum atomic E-state index is 13.1. The summed E-state index contributed by atoms with van der Waals surface area (Å²) < 4.78 is 50.5. The third-order valence-corrected chi connectivity index (χ3v) is 2.98. The highest BCUT2D eigenvalue weighted by Crippen LogP contribution is 2.36. The van der Waals surface area contributed by atoms with Gasteiger partial charge in [0.1, 0.15) is 5.82 Å². The molecule has 0 spiro atoms. The molecule has 1 aromatic rings. The van der Waals surface area contributed by atoms with Crippen LogP contribution in [0.1, 0.15) is 31.9 Å². The highest BCUT2D eigenvalue weighted by molar-refractivity contribution is 5.31. The highest BCUT2D eigenvalue weighted by atomic mass is 19.4. The second-order valence-corrected chi connectivity index (χ2v) is 4.49. The predicted octanol–water partition coefficient (Wildman–Crippen LogP) is 3.71. The second kappa shape index (κ2) is 4.29. The van der Waals surface area contributed by atoms with Crippen molar-refractivity contribution in [2.75, 3.05) is 0 Å². The fraction of sp³-hybridized carbons (Fsp3) is 0.500. The molecule has 1 unspecified atom stereocenters. The van der Waals surface area contributed by atoms with Crippen molar-refractivity contribution in [3.8, 4) is 0 Å². The predicted molar refractivity (Wildman–Crippen MR) is 55.8 cm³/mol. The lowest BCUT2D eigenvalue weighted by Crippen LogP contribution is -2.28. The Morgan fingerprint density at radius 3 is 2.12 bits per heavy atom. The lowest BCUT2D eigenvalue weighted by molar-refractivity contribution is -0.140. The minimum absolute atomic E-state index is 0.0567. The number of hydrogen-bond acceptors (Lipinski definition) is 1. The average Bonchev–Trinajstić information content (AvgIpc) is 2.15. The average molecular weight is 250 g/mol. The normalized spacial score (nSPS) is 16.1. The molecule has 0 radical (unpaired) electrons. The molecule has 1 atom stereocenters. The van der Waals surface area contributed by atoms with Crippen LogP contribution in [0.5, 0.6) is 0 Å². The topological polar surface area (TPSA) is 20.2 Å². The molecule has 0 fully saturated rings. The van der Waals surface area contributed by atoms with Crippen molar-refractivity contribution in [1.82, 2.24) is 0 Å². The van der Waals surface area contributed by atoms with Crippen molar-refractivity contribution in [2.45, 2.75) is 32.5 Å². The standard InChI is InChI=1S/C12H14F4O/c1-7(2)11(3,17)8-4-5-10(13)9(6-8)12(14,15)16/h4-7,17H,1-3H3. The number of aliphatic hydroxyl groups is 1. The second-order valence-electron chi connectivity index (χ2n) is 4.49. The number of alkyl halides is 3. The van der Waals surface area contributed by atoms with Gasteiger partial charge in [-0.15, -0.1) is 0 Å². The van der Waals surface area contributed by atoms with Crippen molar-refractivity contribution in [3.05, 3.63) is 35.1 Å². The number of benzene rings is 1. The van der Waals surface area contributed by atoms with Gasteiger partial charge in [-0.25, -0.2) is 4.39 Å². The fourth-order valence-electron chi connectivity index (χ4n) is 1.39. The third-order valence-electron chi connectivity index (χ3n) is 2.98. The molecule has 0 aliphatic rings. The first-order valence-corrected chi connectivity index (χ1v) is 5.16. The molecule has 17 heavy (non-hydrogen) atoms. The van der Waals surface area contributed by atoms with Gasteiger partial charge in [0.2, 0.25) is 0 Å². The lowest BCUT2D eigenvalue weighted by Gasteiger charge is -2.28. The molecule has 0 bridgehead atoms. The Bertz CT molecular complexity index is 407. The first-order valence-electron chi connectivity index (χ1n) is 5.16. The zero-order valence-corrected chi connectivity index (χ0v) is 9.77. The molecule has 0 aliphatic heterocycles. The molecule has 0 heterocycles. The quantitative estimate of drug-likeness (QED) is 0.793. The molecular weight excluding hydrogens is 236 g/mol. The van der Waals surface area contributed by atoms with Crippen LogP contribution in [-0.4, -0.2) is 5.11 Å². The third kappa shape index (κ3) is 2.77. The van der Waals surface area contributed by atoms with Crippen LogP contribution in [0.15, 0.2) is 18.2 Å². The van der Waals surface area contributed by atoms with Gasteiger partial charge < -0.3 is 5.11 Å². The van der Waals surface area contributed by atoms with Crippen LogP contribution < -0.4 is 0 Å². The minimum Gasteiger partial charge on any atom is -0.385 e. The molecule has 1 aromatic carbocycles. The molecule has 96 valence electrons. The van der Waals surface area contributed by atoms with Crippen molar-refractivity contribution in [2.24, 2.45) is 5.92 Å². The molecule has 0 aliphatic carbocycles. The summed E-state index contributed by atoms with van der Waals surface area (Å²) >= 11 is 0. The van der Waals surface area contributed by atoms with Crippen LogP contribution in [0.2, 0.25) is 0 Å². The molecule has 5 heteroatoms. The van der Waals surface area contributed by atoms with Crippen LogP contribution in [-0.2, 0) is 11.8 Å². The van der Waals surface area contributed by atoms with E-state index in [2.05, 4.69) is 0 Å². The largest absolute Gasteiger partial charge is 0.419 e. The van der Waals surface area contributed by atoms with Crippen LogP contribution in [0.3, 0.4) is 0 Å². The fourth-order valence-corrected chi connectivity index (χ4v) is 1.39. The molecule has 1 rings (SSSR count). The summed E-state index contributed by atoms with van der Waals surface area (Å²) in [7, 11) is 0. The van der Waals surface area contributed by atoms with E-state index in [0.717, 1.165) is 6.07 Å². The van der Waals surface area contributed by atoms with Crippen LogP contribution in [0.4, 0.5) is 17.6 Å². The molecule has 0 amide bonds. The van der Waals surface area contributed by atoms with Crippen molar-refractivity contribution < 1.29 is 22.7 Å². The van der Waals surface area contributed by atoms with E-state index in [0.29, 0.717) is 6.07 Å². The van der Waals surface area contributed by atoms with E-state index in [1.807, 2.05) is 0 Å². The summed E-state index contributed by atoms with van der Waals surface area (Å²) in [5.74, 6) is -1.62. The van der Waals surface area contributed by atoms with E-state index in [1.165, 1.54) is 13.0 Å². The number of rotatable bonds is 2. The van der Waals surface area contributed by atoms with Gasteiger partial charge in [0.15, 0.2) is 0 Å². The zero-order valence-electron chi connectivity index (χ0n) is 9.77. The molecular formula is C12H14F4O. The summed E-state index contributed by atoms with van der Waals surface area (Å²) in [6, 6.07) is 2.56. The Morgan fingerprint density at radius 1 is 1.18 bits per heavy atom. The molecule has 0 aromatic heterocycles. The zero-order chi connectivity index (χ0) is 13.4. The summed E-state index contributed by atoms with van der Waals surface area (Å²) in [4.78, 5) is 0. The first-order chi connectivity index (χ1) is 7.56. The maximum absolute atomic E-state index is 13.1. The lowest BCUT2D eigenvalue weighted by atomic mass is 9.84. The number of halogens is 4. The van der Waals surface area contributed by atoms with E-state index < -0.39 is 23.2 Å². The first kappa shape index (κ1) is 14.0.